The minimum Gasteiger partial charge on any atom is -0.381 e. The molecule has 0 radical (unpaired) electrons. The van der Waals surface area contributed by atoms with E-state index in [9.17, 15) is 0 Å². The largest absolute Gasteiger partial charge is 0.381 e. The second-order valence-corrected chi connectivity index (χ2v) is 9.12. The molecule has 0 aromatic carbocycles. The average Bonchev–Trinajstić information content (AvgIpc) is 3.33. The summed E-state index contributed by atoms with van der Waals surface area (Å²) in [6.45, 7) is 11.9. The third kappa shape index (κ3) is 10.4. The van der Waals surface area contributed by atoms with Gasteiger partial charge in [0.15, 0.2) is 11.6 Å². The lowest BCUT2D eigenvalue weighted by atomic mass is 9.84. The number of hydrogen-bond acceptors (Lipinski definition) is 8. The normalized spacial score (nSPS) is 12.6. The van der Waals surface area contributed by atoms with E-state index >= 15 is 0 Å². The van der Waals surface area contributed by atoms with Crippen LogP contribution in [0.3, 0.4) is 0 Å². The Bertz CT molecular complexity index is 587. The Morgan fingerprint density at radius 3 is 1.45 bits per heavy atom. The molecule has 10 heteroatoms. The fourth-order valence-corrected chi connectivity index (χ4v) is 3.32. The summed E-state index contributed by atoms with van der Waals surface area (Å²) in [5.74, 6) is 1.54. The van der Waals surface area contributed by atoms with Gasteiger partial charge in [0.05, 0.1) is 0 Å². The summed E-state index contributed by atoms with van der Waals surface area (Å²) in [6, 6.07) is 0. The molecule has 2 aromatic heterocycles. The molecule has 2 heterocycles. The third-order valence-corrected chi connectivity index (χ3v) is 4.91. The van der Waals surface area contributed by atoms with Gasteiger partial charge >= 0.3 is 0 Å². The van der Waals surface area contributed by atoms with E-state index in [1.165, 1.54) is 0 Å². The highest BCUT2D eigenvalue weighted by molar-refractivity contribution is 4.86. The van der Waals surface area contributed by atoms with Crippen molar-refractivity contribution in [3.63, 3.8) is 0 Å². The van der Waals surface area contributed by atoms with Crippen LogP contribution in [0.2, 0.25) is 0 Å². The van der Waals surface area contributed by atoms with Crippen molar-refractivity contribution in [1.29, 1.82) is 0 Å². The van der Waals surface area contributed by atoms with Gasteiger partial charge in [0.1, 0.15) is 0 Å². The second-order valence-electron chi connectivity index (χ2n) is 9.12. The summed E-state index contributed by atoms with van der Waals surface area (Å²) in [5, 5.41) is 28.3. The molecule has 2 N–H and O–H groups in total. The number of aromatic nitrogens is 8. The van der Waals surface area contributed by atoms with Crippen LogP contribution in [0.25, 0.3) is 0 Å². The predicted octanol–water partition coefficient (Wildman–Crippen LogP) is 2.53. The molecule has 0 aliphatic heterocycles. The maximum atomic E-state index is 5.73. The zero-order chi connectivity index (χ0) is 21.0. The van der Waals surface area contributed by atoms with E-state index in [0.717, 1.165) is 83.0 Å². The first-order chi connectivity index (χ1) is 13.9. The maximum absolute atomic E-state index is 5.73. The summed E-state index contributed by atoms with van der Waals surface area (Å²) in [5.41, 5.74) is 0.293. The summed E-state index contributed by atoms with van der Waals surface area (Å²) < 4.78 is 11.5. The average molecular weight is 409 g/mol. The van der Waals surface area contributed by atoms with Gasteiger partial charge in [0, 0.05) is 39.3 Å². The van der Waals surface area contributed by atoms with Crippen molar-refractivity contribution in [3.8, 4) is 0 Å². The molecule has 0 fully saturated rings. The molecule has 0 unspecified atom stereocenters. The molecule has 10 nitrogen and oxygen atoms in total. The van der Waals surface area contributed by atoms with Crippen LogP contribution in [0.1, 0.15) is 71.4 Å². The number of aromatic amines is 2. The number of tetrazole rings is 2. The lowest BCUT2D eigenvalue weighted by molar-refractivity contribution is 0.0735. The summed E-state index contributed by atoms with van der Waals surface area (Å²) >= 11 is 0. The quantitative estimate of drug-likeness (QED) is 0.406. The minimum atomic E-state index is 0.147. The molecule has 29 heavy (non-hydrogen) atoms. The van der Waals surface area contributed by atoms with Gasteiger partial charge in [-0.1, -0.05) is 38.1 Å². The van der Waals surface area contributed by atoms with E-state index in [0.29, 0.717) is 0 Å². The van der Waals surface area contributed by atoms with Gasteiger partial charge < -0.3 is 9.47 Å². The molecule has 0 saturated carbocycles. The highest BCUT2D eigenvalue weighted by atomic mass is 16.5. The number of H-pyrrole nitrogens is 2. The minimum absolute atomic E-state index is 0.147. The van der Waals surface area contributed by atoms with Gasteiger partial charge in [-0.3, -0.25) is 0 Å². The molecule has 0 spiro atoms. The maximum Gasteiger partial charge on any atom is 0.175 e. The molecule has 0 amide bonds. The molecule has 2 aromatic rings. The Morgan fingerprint density at radius 1 is 0.655 bits per heavy atom. The van der Waals surface area contributed by atoms with Gasteiger partial charge in [-0.05, 0) is 42.9 Å². The predicted molar refractivity (Wildman–Crippen MR) is 108 cm³/mol. The molecular weight excluding hydrogens is 372 g/mol. The van der Waals surface area contributed by atoms with Crippen LogP contribution in [-0.2, 0) is 22.3 Å². The van der Waals surface area contributed by atoms with E-state index in [1.54, 1.807) is 0 Å². The lowest BCUT2D eigenvalue weighted by Gasteiger charge is -2.22. The second kappa shape index (κ2) is 11.9. The molecule has 2 rings (SSSR count). The molecule has 164 valence electrons. The fourth-order valence-electron chi connectivity index (χ4n) is 3.32. The van der Waals surface area contributed by atoms with Crippen molar-refractivity contribution < 1.29 is 9.47 Å². The number of hydrogen-bond donors (Lipinski definition) is 2. The summed E-state index contributed by atoms with van der Waals surface area (Å²) in [4.78, 5) is 0. The molecule has 0 aliphatic carbocycles. The van der Waals surface area contributed by atoms with Crippen LogP contribution >= 0.6 is 0 Å². The first kappa shape index (κ1) is 23.3. The monoisotopic (exact) mass is 408 g/mol. The molecule has 0 saturated heterocycles. The third-order valence-electron chi connectivity index (χ3n) is 4.91. The standard InChI is InChI=1S/C19H36N8O2/c1-18(2,14-16-20-24-25-21-16)8-5-10-28-12-7-13-29-11-6-9-19(3,4)15-17-22-26-27-23-17/h5-15H2,1-4H3,(H,20,21,24,25)(H,22,23,26,27). The van der Waals surface area contributed by atoms with Crippen LogP contribution in [-0.4, -0.2) is 67.7 Å². The van der Waals surface area contributed by atoms with Crippen molar-refractivity contribution in [2.45, 2.75) is 72.6 Å². The Labute approximate surface area is 172 Å². The fraction of sp³-hybridized carbons (Fsp3) is 0.895. The Hall–Kier alpha value is -1.94. The van der Waals surface area contributed by atoms with E-state index < -0.39 is 0 Å². The van der Waals surface area contributed by atoms with Crippen molar-refractivity contribution in [2.75, 3.05) is 26.4 Å². The Kier molecular flexibility index (Phi) is 9.59. The van der Waals surface area contributed by atoms with Gasteiger partial charge in [-0.25, -0.2) is 0 Å². The van der Waals surface area contributed by atoms with E-state index in [2.05, 4.69) is 68.9 Å². The summed E-state index contributed by atoms with van der Waals surface area (Å²) in [7, 11) is 0. The van der Waals surface area contributed by atoms with Gasteiger partial charge in [-0.2, -0.15) is 10.4 Å². The van der Waals surface area contributed by atoms with E-state index in [1.807, 2.05) is 0 Å². The molecule has 0 bridgehead atoms. The van der Waals surface area contributed by atoms with Gasteiger partial charge in [0.2, 0.25) is 0 Å². The Morgan fingerprint density at radius 2 is 1.07 bits per heavy atom. The van der Waals surface area contributed by atoms with Crippen LogP contribution < -0.4 is 0 Å². The Balaban J connectivity index is 1.39. The van der Waals surface area contributed by atoms with Crippen LogP contribution in [0.5, 0.6) is 0 Å². The van der Waals surface area contributed by atoms with Crippen molar-refractivity contribution >= 4 is 0 Å². The first-order valence-corrected chi connectivity index (χ1v) is 10.5. The van der Waals surface area contributed by atoms with Gasteiger partial charge in [-0.15, -0.1) is 20.4 Å². The topological polar surface area (TPSA) is 127 Å². The smallest absolute Gasteiger partial charge is 0.175 e. The number of nitrogens with zero attached hydrogens (tertiary/aromatic N) is 6. The van der Waals surface area contributed by atoms with Crippen molar-refractivity contribution in [3.05, 3.63) is 11.6 Å². The van der Waals surface area contributed by atoms with Crippen LogP contribution in [0.15, 0.2) is 0 Å². The zero-order valence-corrected chi connectivity index (χ0v) is 18.3. The van der Waals surface area contributed by atoms with Crippen LogP contribution in [0, 0.1) is 10.8 Å². The van der Waals surface area contributed by atoms with E-state index in [-0.39, 0.29) is 10.8 Å². The van der Waals surface area contributed by atoms with Crippen LogP contribution in [0.4, 0.5) is 0 Å². The zero-order valence-electron chi connectivity index (χ0n) is 18.3. The molecular formula is C19H36N8O2. The van der Waals surface area contributed by atoms with Crippen molar-refractivity contribution in [1.82, 2.24) is 41.2 Å². The molecule has 0 atom stereocenters. The SMILES string of the molecule is CC(C)(CCCOCCCOCCCC(C)(C)Cc1nn[nH]n1)Cc1nn[nH]n1. The van der Waals surface area contributed by atoms with E-state index in [4.69, 9.17) is 9.47 Å². The highest BCUT2D eigenvalue weighted by Crippen LogP contribution is 2.26. The van der Waals surface area contributed by atoms with Crippen molar-refractivity contribution in [2.24, 2.45) is 10.8 Å². The van der Waals surface area contributed by atoms with Gasteiger partial charge in [0.25, 0.3) is 0 Å². The lowest BCUT2D eigenvalue weighted by Crippen LogP contribution is -2.17. The first-order valence-electron chi connectivity index (χ1n) is 10.5. The molecule has 0 aliphatic rings. The summed E-state index contributed by atoms with van der Waals surface area (Å²) in [6.07, 6.45) is 6.77. The highest BCUT2D eigenvalue weighted by Gasteiger charge is 2.21. The number of ether oxygens (including phenoxy) is 2. The number of nitrogens with one attached hydrogen (secondary N) is 2. The number of rotatable bonds is 16.